The van der Waals surface area contributed by atoms with E-state index in [-0.39, 0.29) is 16.5 Å². The van der Waals surface area contributed by atoms with E-state index in [0.717, 1.165) is 18.2 Å². The van der Waals surface area contributed by atoms with E-state index < -0.39 is 21.7 Å². The zero-order valence-corrected chi connectivity index (χ0v) is 19.8. The molecule has 0 atom stereocenters. The van der Waals surface area contributed by atoms with Gasteiger partial charge in [-0.25, -0.2) is 22.2 Å². The molecule has 1 N–H and O–H groups in total. The number of sulfonamides is 1. The first-order valence-electron chi connectivity index (χ1n) is 10.1. The zero-order valence-electron chi connectivity index (χ0n) is 18.2. The summed E-state index contributed by atoms with van der Waals surface area (Å²) >= 11 is 1.20. The third-order valence-electron chi connectivity index (χ3n) is 5.46. The van der Waals surface area contributed by atoms with Crippen molar-refractivity contribution in [1.82, 2.24) is 14.5 Å². The predicted octanol–water partition coefficient (Wildman–Crippen LogP) is 3.32. The minimum atomic E-state index is -4.09. The molecule has 0 bridgehead atoms. The lowest BCUT2D eigenvalue weighted by Gasteiger charge is -2.26. The number of rotatable bonds is 5. The molecule has 0 radical (unpaired) electrons. The molecule has 1 saturated heterocycles. The fourth-order valence-corrected chi connectivity index (χ4v) is 5.96. The molecule has 33 heavy (non-hydrogen) atoms. The number of anilines is 1. The van der Waals surface area contributed by atoms with E-state index in [0.29, 0.717) is 53.3 Å². The molecule has 0 aliphatic carbocycles. The Hall–Kier alpha value is -2.83. The summed E-state index contributed by atoms with van der Waals surface area (Å²) in [6.45, 7) is 5.36. The highest BCUT2D eigenvalue weighted by Gasteiger charge is 2.27. The highest BCUT2D eigenvalue weighted by atomic mass is 32.2. The molecule has 1 aliphatic rings. The molecule has 0 spiro atoms. The van der Waals surface area contributed by atoms with Crippen LogP contribution >= 0.6 is 11.3 Å². The van der Waals surface area contributed by atoms with Crippen molar-refractivity contribution in [1.29, 1.82) is 0 Å². The number of hydrogen-bond donors (Lipinski definition) is 1. The van der Waals surface area contributed by atoms with Crippen molar-refractivity contribution < 1.29 is 26.7 Å². The Morgan fingerprint density at radius 2 is 1.85 bits per heavy atom. The third kappa shape index (κ3) is 4.50. The average Bonchev–Trinajstić information content (AvgIpc) is 3.31. The lowest BCUT2D eigenvalue weighted by Crippen LogP contribution is -2.40. The van der Waals surface area contributed by atoms with Gasteiger partial charge in [-0.1, -0.05) is 0 Å². The number of morpholine rings is 1. The van der Waals surface area contributed by atoms with Gasteiger partial charge < -0.3 is 14.2 Å². The summed E-state index contributed by atoms with van der Waals surface area (Å²) in [4.78, 5) is 19.6. The highest BCUT2D eigenvalue weighted by molar-refractivity contribution is 7.92. The standard InChI is InChI=1S/C21H22F2N4O4S2/c1-12-19(21(28)27-6-8-31-9-7-27)32-20(24-12)17-11-18(13(2)26(17)3)33(29,30)25-14-4-5-15(22)16(23)10-14/h4-5,10-11,25H,6-9H2,1-3H3. The number of benzene rings is 1. The van der Waals surface area contributed by atoms with E-state index in [1.54, 1.807) is 30.4 Å². The number of ether oxygens (including phenoxy) is 1. The number of nitrogens with one attached hydrogen (secondary N) is 1. The molecule has 12 heteroatoms. The second kappa shape index (κ2) is 8.84. The molecule has 0 saturated carbocycles. The van der Waals surface area contributed by atoms with Crippen molar-refractivity contribution in [3.8, 4) is 10.7 Å². The summed E-state index contributed by atoms with van der Waals surface area (Å²) in [5.41, 5.74) is 1.41. The molecule has 1 amide bonds. The van der Waals surface area contributed by atoms with Crippen LogP contribution in [-0.4, -0.2) is 55.1 Å². The number of hydrogen-bond acceptors (Lipinski definition) is 6. The predicted molar refractivity (Wildman–Crippen MR) is 120 cm³/mol. The van der Waals surface area contributed by atoms with Gasteiger partial charge in [-0.05, 0) is 32.0 Å². The van der Waals surface area contributed by atoms with Crippen molar-refractivity contribution in [3.63, 3.8) is 0 Å². The molecule has 4 rings (SSSR count). The van der Waals surface area contributed by atoms with Crippen LogP contribution in [0.5, 0.6) is 0 Å². The maximum atomic E-state index is 13.5. The van der Waals surface area contributed by atoms with E-state index in [4.69, 9.17) is 4.74 Å². The Morgan fingerprint density at radius 1 is 1.15 bits per heavy atom. The monoisotopic (exact) mass is 496 g/mol. The van der Waals surface area contributed by atoms with E-state index in [1.165, 1.54) is 17.4 Å². The fourth-order valence-electron chi connectivity index (χ4n) is 3.53. The van der Waals surface area contributed by atoms with Crippen LogP contribution in [0.2, 0.25) is 0 Å². The largest absolute Gasteiger partial charge is 0.378 e. The summed E-state index contributed by atoms with van der Waals surface area (Å²) in [7, 11) is -2.40. The summed E-state index contributed by atoms with van der Waals surface area (Å²) in [5.74, 6) is -2.35. The van der Waals surface area contributed by atoms with Crippen molar-refractivity contribution in [3.05, 3.63) is 52.2 Å². The normalized spacial score (nSPS) is 14.5. The summed E-state index contributed by atoms with van der Waals surface area (Å²) in [6, 6.07) is 4.23. The van der Waals surface area contributed by atoms with E-state index >= 15 is 0 Å². The van der Waals surface area contributed by atoms with Crippen LogP contribution < -0.4 is 4.72 Å². The quantitative estimate of drug-likeness (QED) is 0.585. The molecule has 3 heterocycles. The van der Waals surface area contributed by atoms with Gasteiger partial charge in [0, 0.05) is 31.9 Å². The van der Waals surface area contributed by atoms with Gasteiger partial charge in [0.25, 0.3) is 15.9 Å². The van der Waals surface area contributed by atoms with Crippen LogP contribution in [0, 0.1) is 25.5 Å². The van der Waals surface area contributed by atoms with Gasteiger partial charge in [0.2, 0.25) is 0 Å². The number of aromatic nitrogens is 2. The van der Waals surface area contributed by atoms with Gasteiger partial charge in [0.15, 0.2) is 11.6 Å². The fraction of sp³-hybridized carbons (Fsp3) is 0.333. The second-order valence-corrected chi connectivity index (χ2v) is 10.3. The molecule has 1 aromatic carbocycles. The molecule has 8 nitrogen and oxygen atoms in total. The molecular weight excluding hydrogens is 474 g/mol. The molecule has 0 unspecified atom stereocenters. The Labute approximate surface area is 193 Å². The Morgan fingerprint density at radius 3 is 2.52 bits per heavy atom. The van der Waals surface area contributed by atoms with Crippen LogP contribution in [0.25, 0.3) is 10.7 Å². The molecule has 3 aromatic rings. The maximum Gasteiger partial charge on any atom is 0.266 e. The number of halogens is 2. The number of carbonyl (C=O) groups is 1. The van der Waals surface area contributed by atoms with Gasteiger partial charge in [-0.15, -0.1) is 11.3 Å². The SMILES string of the molecule is Cc1nc(-c2cc(S(=O)(=O)Nc3ccc(F)c(F)c3)c(C)n2C)sc1C(=O)N1CCOCC1. The maximum absolute atomic E-state index is 13.5. The van der Waals surface area contributed by atoms with Gasteiger partial charge >= 0.3 is 0 Å². The molecular formula is C21H22F2N4O4S2. The number of nitrogens with zero attached hydrogens (tertiary/aromatic N) is 3. The smallest absolute Gasteiger partial charge is 0.266 e. The summed E-state index contributed by atoms with van der Waals surface area (Å²) in [6.07, 6.45) is 0. The Balaban J connectivity index is 1.66. The zero-order chi connectivity index (χ0) is 23.9. The van der Waals surface area contributed by atoms with Crippen molar-refractivity contribution in [2.75, 3.05) is 31.0 Å². The van der Waals surface area contributed by atoms with E-state index in [2.05, 4.69) is 9.71 Å². The van der Waals surface area contributed by atoms with Crippen LogP contribution in [-0.2, 0) is 21.8 Å². The topological polar surface area (TPSA) is 93.5 Å². The van der Waals surface area contributed by atoms with E-state index in [9.17, 15) is 22.0 Å². The summed E-state index contributed by atoms with van der Waals surface area (Å²) in [5, 5.41) is 0.504. The molecule has 2 aromatic heterocycles. The molecule has 1 aliphatic heterocycles. The highest BCUT2D eigenvalue weighted by Crippen LogP contribution is 2.33. The summed E-state index contributed by atoms with van der Waals surface area (Å²) < 4.78 is 61.9. The molecule has 1 fully saturated rings. The first kappa shape index (κ1) is 23.3. The Kier molecular flexibility index (Phi) is 6.25. The first-order chi connectivity index (χ1) is 15.6. The average molecular weight is 497 g/mol. The van der Waals surface area contributed by atoms with Gasteiger partial charge in [-0.3, -0.25) is 9.52 Å². The van der Waals surface area contributed by atoms with Crippen LogP contribution in [0.1, 0.15) is 21.1 Å². The van der Waals surface area contributed by atoms with Crippen LogP contribution in [0.3, 0.4) is 0 Å². The minimum Gasteiger partial charge on any atom is -0.378 e. The van der Waals surface area contributed by atoms with Gasteiger partial charge in [0.05, 0.1) is 30.3 Å². The van der Waals surface area contributed by atoms with Crippen molar-refractivity contribution in [2.45, 2.75) is 18.7 Å². The Bertz CT molecular complexity index is 1330. The second-order valence-electron chi connectivity index (χ2n) is 7.61. The minimum absolute atomic E-state index is 0.0290. The van der Waals surface area contributed by atoms with Crippen LogP contribution in [0.15, 0.2) is 29.2 Å². The van der Waals surface area contributed by atoms with E-state index in [1.807, 2.05) is 0 Å². The number of carbonyl (C=O) groups excluding carboxylic acids is 1. The van der Waals surface area contributed by atoms with Crippen molar-refractivity contribution >= 4 is 33.0 Å². The first-order valence-corrected chi connectivity index (χ1v) is 12.4. The number of amides is 1. The van der Waals surface area contributed by atoms with Crippen LogP contribution in [0.4, 0.5) is 14.5 Å². The lowest BCUT2D eigenvalue weighted by molar-refractivity contribution is 0.0305. The molecule has 176 valence electrons. The third-order valence-corrected chi connectivity index (χ3v) is 8.12. The number of aryl methyl sites for hydroxylation is 1. The number of thiazole rings is 1. The van der Waals surface area contributed by atoms with Gasteiger partial charge in [-0.2, -0.15) is 0 Å². The van der Waals surface area contributed by atoms with Crippen molar-refractivity contribution in [2.24, 2.45) is 7.05 Å². The lowest BCUT2D eigenvalue weighted by atomic mass is 10.3. The van der Waals surface area contributed by atoms with Gasteiger partial charge in [0.1, 0.15) is 14.8 Å².